The fourth-order valence-electron chi connectivity index (χ4n) is 4.81. The van der Waals surface area contributed by atoms with Crippen molar-refractivity contribution in [2.75, 3.05) is 18.6 Å². The minimum atomic E-state index is -0.448. The standard InChI is InChI=1S/C29H27ClFN5O3/c1-2-3-11-25-33-27(30)24(36(25)17-18-7-4-5-10-22(18)31)16-32-34-23-13-12-21-26-19(23)8-6-9-20(26)28(38)35(14-15-37)29(21)39/h4-10,12-13,16,34,37H,2-3,11,14-15,17H2,1H3/b32-16+. The van der Waals surface area contributed by atoms with Gasteiger partial charge in [0.15, 0.2) is 5.15 Å². The predicted molar refractivity (Wildman–Crippen MR) is 149 cm³/mol. The summed E-state index contributed by atoms with van der Waals surface area (Å²) in [6, 6.07) is 15.1. The summed E-state index contributed by atoms with van der Waals surface area (Å²) in [7, 11) is 0. The zero-order valence-corrected chi connectivity index (χ0v) is 22.1. The van der Waals surface area contributed by atoms with Crippen molar-refractivity contribution in [3.8, 4) is 0 Å². The molecule has 8 nitrogen and oxygen atoms in total. The Morgan fingerprint density at radius 1 is 1.08 bits per heavy atom. The summed E-state index contributed by atoms with van der Waals surface area (Å²) in [6.07, 6.45) is 4.12. The molecule has 0 radical (unpaired) electrons. The molecule has 2 amide bonds. The van der Waals surface area contributed by atoms with Crippen LogP contribution in [0.25, 0.3) is 10.8 Å². The first-order valence-electron chi connectivity index (χ1n) is 12.7. The minimum Gasteiger partial charge on any atom is -0.395 e. The lowest BCUT2D eigenvalue weighted by molar-refractivity contribution is 0.0580. The number of aliphatic hydroxyl groups is 1. The number of aryl methyl sites for hydroxylation is 1. The fourth-order valence-corrected chi connectivity index (χ4v) is 5.06. The lowest BCUT2D eigenvalue weighted by Crippen LogP contribution is -2.41. The highest BCUT2D eigenvalue weighted by Gasteiger charge is 2.32. The average Bonchev–Trinajstić information content (AvgIpc) is 3.23. The number of anilines is 1. The first-order valence-corrected chi connectivity index (χ1v) is 13.1. The van der Waals surface area contributed by atoms with Gasteiger partial charge in [0.25, 0.3) is 11.8 Å². The highest BCUT2D eigenvalue weighted by atomic mass is 35.5. The van der Waals surface area contributed by atoms with E-state index in [1.165, 1.54) is 6.07 Å². The van der Waals surface area contributed by atoms with Crippen molar-refractivity contribution in [3.63, 3.8) is 0 Å². The monoisotopic (exact) mass is 547 g/mol. The van der Waals surface area contributed by atoms with Crippen LogP contribution < -0.4 is 5.43 Å². The van der Waals surface area contributed by atoms with E-state index in [1.807, 2.05) is 4.57 Å². The van der Waals surface area contributed by atoms with Gasteiger partial charge >= 0.3 is 0 Å². The number of hydrogen-bond donors (Lipinski definition) is 2. The van der Waals surface area contributed by atoms with Gasteiger partial charge in [-0.2, -0.15) is 5.10 Å². The average molecular weight is 548 g/mol. The number of nitrogens with one attached hydrogen (secondary N) is 1. The summed E-state index contributed by atoms with van der Waals surface area (Å²) in [4.78, 5) is 31.4. The number of aliphatic hydroxyl groups excluding tert-OH is 1. The first kappa shape index (κ1) is 26.5. The van der Waals surface area contributed by atoms with Gasteiger partial charge in [0.05, 0.1) is 31.6 Å². The van der Waals surface area contributed by atoms with Crippen LogP contribution in [-0.2, 0) is 13.0 Å². The van der Waals surface area contributed by atoms with E-state index in [4.69, 9.17) is 11.6 Å². The molecule has 1 aliphatic rings. The molecule has 0 saturated heterocycles. The number of carbonyl (C=O) groups excluding carboxylic acids is 2. The first-order chi connectivity index (χ1) is 18.9. The zero-order valence-electron chi connectivity index (χ0n) is 21.3. The molecule has 3 aromatic carbocycles. The van der Waals surface area contributed by atoms with Crippen LogP contribution in [0, 0.1) is 5.82 Å². The Labute approximate surface area is 229 Å². The van der Waals surface area contributed by atoms with Crippen LogP contribution in [0.1, 0.15) is 57.6 Å². The fraction of sp³-hybridized carbons (Fsp3) is 0.241. The Morgan fingerprint density at radius 2 is 1.85 bits per heavy atom. The lowest BCUT2D eigenvalue weighted by atomic mass is 9.93. The van der Waals surface area contributed by atoms with E-state index < -0.39 is 11.8 Å². The summed E-state index contributed by atoms with van der Waals surface area (Å²) in [5, 5.41) is 15.2. The number of β-amino-alcohol motifs (C(OH)–C–C–N with tert-alkyl or cyclic N) is 1. The summed E-state index contributed by atoms with van der Waals surface area (Å²) >= 11 is 6.51. The van der Waals surface area contributed by atoms with Gasteiger partial charge in [0, 0.05) is 33.9 Å². The minimum absolute atomic E-state index is 0.0701. The SMILES string of the molecule is CCCCc1nc(Cl)c(/C=N/Nc2ccc3c4c(cccc24)C(=O)N(CCO)C3=O)n1Cc1ccccc1F. The van der Waals surface area contributed by atoms with E-state index in [0.29, 0.717) is 45.3 Å². The third-order valence-corrected chi connectivity index (χ3v) is 7.05. The van der Waals surface area contributed by atoms with Crippen molar-refractivity contribution in [3.05, 3.63) is 93.8 Å². The topological polar surface area (TPSA) is 99.8 Å². The van der Waals surface area contributed by atoms with Crippen LogP contribution in [0.2, 0.25) is 5.15 Å². The molecule has 39 heavy (non-hydrogen) atoms. The highest BCUT2D eigenvalue weighted by molar-refractivity contribution is 6.31. The molecule has 0 saturated carbocycles. The van der Waals surface area contributed by atoms with E-state index in [0.717, 1.165) is 23.6 Å². The largest absolute Gasteiger partial charge is 0.395 e. The zero-order chi connectivity index (χ0) is 27.5. The molecule has 0 atom stereocenters. The number of imidazole rings is 1. The highest BCUT2D eigenvalue weighted by Crippen LogP contribution is 2.34. The van der Waals surface area contributed by atoms with E-state index in [1.54, 1.807) is 54.7 Å². The molecule has 2 heterocycles. The second-order valence-corrected chi connectivity index (χ2v) is 9.59. The van der Waals surface area contributed by atoms with Gasteiger partial charge in [-0.3, -0.25) is 19.9 Å². The number of rotatable bonds is 10. The molecule has 0 bridgehead atoms. The number of imide groups is 1. The van der Waals surface area contributed by atoms with Gasteiger partial charge < -0.3 is 9.67 Å². The molecule has 200 valence electrons. The van der Waals surface area contributed by atoms with Gasteiger partial charge in [-0.15, -0.1) is 0 Å². The molecule has 4 aromatic rings. The van der Waals surface area contributed by atoms with Gasteiger partial charge in [-0.05, 0) is 30.7 Å². The third-order valence-electron chi connectivity index (χ3n) is 6.77. The molecular weight excluding hydrogens is 521 g/mol. The number of unbranched alkanes of at least 4 members (excludes halogenated alkanes) is 1. The number of nitrogens with zero attached hydrogens (tertiary/aromatic N) is 4. The lowest BCUT2D eigenvalue weighted by Gasteiger charge is -2.27. The smallest absolute Gasteiger partial charge is 0.261 e. The van der Waals surface area contributed by atoms with E-state index in [-0.39, 0.29) is 30.7 Å². The normalized spacial score (nSPS) is 13.2. The van der Waals surface area contributed by atoms with Crippen LogP contribution in [0.15, 0.2) is 59.7 Å². The maximum atomic E-state index is 14.5. The second kappa shape index (κ2) is 11.3. The van der Waals surface area contributed by atoms with Crippen molar-refractivity contribution < 1.29 is 19.1 Å². The number of aromatic nitrogens is 2. The molecule has 10 heteroatoms. The number of hydrogen-bond acceptors (Lipinski definition) is 6. The molecule has 2 N–H and O–H groups in total. The van der Waals surface area contributed by atoms with Crippen molar-refractivity contribution in [1.82, 2.24) is 14.5 Å². The Kier molecular flexibility index (Phi) is 7.72. The third kappa shape index (κ3) is 5.03. The maximum Gasteiger partial charge on any atom is 0.261 e. The van der Waals surface area contributed by atoms with E-state index in [9.17, 15) is 19.1 Å². The van der Waals surface area contributed by atoms with E-state index in [2.05, 4.69) is 22.4 Å². The maximum absolute atomic E-state index is 14.5. The Balaban J connectivity index is 1.48. The summed E-state index contributed by atoms with van der Waals surface area (Å²) in [6.45, 7) is 1.96. The van der Waals surface area contributed by atoms with Crippen molar-refractivity contribution in [1.29, 1.82) is 0 Å². The quantitative estimate of drug-likeness (QED) is 0.160. The molecule has 0 unspecified atom stereocenters. The van der Waals surface area contributed by atoms with Gasteiger partial charge in [0.2, 0.25) is 0 Å². The molecule has 0 fully saturated rings. The van der Waals surface area contributed by atoms with Crippen molar-refractivity contribution in [2.45, 2.75) is 32.7 Å². The van der Waals surface area contributed by atoms with Crippen LogP contribution in [0.3, 0.4) is 0 Å². The van der Waals surface area contributed by atoms with Gasteiger partial charge in [-0.1, -0.05) is 55.3 Å². The Morgan fingerprint density at radius 3 is 2.59 bits per heavy atom. The molecule has 0 spiro atoms. The summed E-state index contributed by atoms with van der Waals surface area (Å²) in [5.41, 5.74) is 5.41. The van der Waals surface area contributed by atoms with Gasteiger partial charge in [0.1, 0.15) is 17.3 Å². The molecular formula is C29H27ClFN5O3. The predicted octanol–water partition coefficient (Wildman–Crippen LogP) is 5.25. The number of amides is 2. The van der Waals surface area contributed by atoms with Crippen LogP contribution >= 0.6 is 11.6 Å². The Hall–Kier alpha value is -4.08. The number of carbonyl (C=O) groups is 2. The molecule has 0 aliphatic carbocycles. The van der Waals surface area contributed by atoms with Crippen molar-refractivity contribution >= 4 is 46.1 Å². The van der Waals surface area contributed by atoms with Crippen LogP contribution in [0.5, 0.6) is 0 Å². The van der Waals surface area contributed by atoms with Crippen LogP contribution in [-0.4, -0.2) is 50.7 Å². The Bertz CT molecular complexity index is 1580. The summed E-state index contributed by atoms with van der Waals surface area (Å²) in [5.74, 6) is -0.458. The van der Waals surface area contributed by atoms with E-state index >= 15 is 0 Å². The molecule has 5 rings (SSSR count). The second-order valence-electron chi connectivity index (χ2n) is 9.23. The van der Waals surface area contributed by atoms with Gasteiger partial charge in [-0.25, -0.2) is 9.37 Å². The van der Waals surface area contributed by atoms with Crippen molar-refractivity contribution in [2.24, 2.45) is 5.10 Å². The number of hydrazone groups is 1. The van der Waals surface area contributed by atoms with Crippen LogP contribution in [0.4, 0.5) is 10.1 Å². The number of halogens is 2. The number of benzene rings is 3. The molecule has 1 aliphatic heterocycles. The molecule has 1 aromatic heterocycles. The summed E-state index contributed by atoms with van der Waals surface area (Å²) < 4.78 is 16.3.